The highest BCUT2D eigenvalue weighted by atomic mass is 35.5. The summed E-state index contributed by atoms with van der Waals surface area (Å²) < 4.78 is 27.0. The molecule has 1 aromatic heterocycles. The summed E-state index contributed by atoms with van der Waals surface area (Å²) in [6.07, 6.45) is 2.89. The van der Waals surface area contributed by atoms with E-state index in [0.717, 1.165) is 0 Å². The molecule has 0 aliphatic carbocycles. The third-order valence-corrected chi connectivity index (χ3v) is 2.69. The molecular formula is C13H13ClFNO5. The van der Waals surface area contributed by atoms with Crippen LogP contribution in [-0.2, 0) is 20.9 Å². The Morgan fingerprint density at radius 1 is 1.48 bits per heavy atom. The van der Waals surface area contributed by atoms with Gasteiger partial charge in [-0.25, -0.2) is 9.18 Å². The van der Waals surface area contributed by atoms with Crippen LogP contribution in [0.1, 0.15) is 5.69 Å². The van der Waals surface area contributed by atoms with E-state index < -0.39 is 12.6 Å². The molecule has 6 nitrogen and oxygen atoms in total. The van der Waals surface area contributed by atoms with E-state index in [9.17, 15) is 14.3 Å². The van der Waals surface area contributed by atoms with Crippen LogP contribution in [0, 0.1) is 0 Å². The molecule has 1 aromatic rings. The fraction of sp³-hybridized carbons (Fsp3) is 0.308. The lowest BCUT2D eigenvalue weighted by atomic mass is 10.3. The Hall–Kier alpha value is -2.15. The van der Waals surface area contributed by atoms with Crippen molar-refractivity contribution < 1.29 is 28.5 Å². The van der Waals surface area contributed by atoms with Crippen molar-refractivity contribution >= 4 is 17.6 Å². The highest BCUT2D eigenvalue weighted by Gasteiger charge is 2.31. The highest BCUT2D eigenvalue weighted by molar-refractivity contribution is 6.19. The summed E-state index contributed by atoms with van der Waals surface area (Å²) in [6.45, 7) is -0.635. The Bertz CT molecular complexity index is 581. The lowest BCUT2D eigenvalue weighted by molar-refractivity contribution is -0.136. The van der Waals surface area contributed by atoms with E-state index in [1.54, 1.807) is 6.07 Å². The van der Waals surface area contributed by atoms with Gasteiger partial charge in [0.1, 0.15) is 25.6 Å². The lowest BCUT2D eigenvalue weighted by Gasteiger charge is -2.02. The Morgan fingerprint density at radius 3 is 3.00 bits per heavy atom. The zero-order chi connectivity index (χ0) is 15.2. The van der Waals surface area contributed by atoms with Crippen molar-refractivity contribution in [1.82, 2.24) is 4.98 Å². The third kappa shape index (κ3) is 3.69. The number of cyclic esters (lactones) is 1. The molecule has 1 aliphatic rings. The molecule has 0 aromatic carbocycles. The molecule has 1 aliphatic heterocycles. The minimum Gasteiger partial charge on any atom is -0.501 e. The maximum Gasteiger partial charge on any atom is 0.383 e. The summed E-state index contributed by atoms with van der Waals surface area (Å²) >= 11 is 5.47. The van der Waals surface area contributed by atoms with Gasteiger partial charge in [0.25, 0.3) is 5.76 Å². The van der Waals surface area contributed by atoms with Gasteiger partial charge in [0.05, 0.1) is 5.69 Å². The maximum absolute atomic E-state index is 12.0. The summed E-state index contributed by atoms with van der Waals surface area (Å²) in [4.78, 5) is 14.4. The zero-order valence-corrected chi connectivity index (χ0v) is 11.7. The second-order valence-corrected chi connectivity index (χ2v) is 4.29. The van der Waals surface area contributed by atoms with Gasteiger partial charge < -0.3 is 24.3 Å². The van der Waals surface area contributed by atoms with Crippen molar-refractivity contribution in [3.8, 4) is 5.75 Å². The zero-order valence-electron chi connectivity index (χ0n) is 10.9. The fourth-order valence-corrected chi connectivity index (χ4v) is 1.77. The molecular weight excluding hydrogens is 304 g/mol. The van der Waals surface area contributed by atoms with Gasteiger partial charge >= 0.3 is 5.97 Å². The Labute approximate surface area is 124 Å². The molecule has 114 valence electrons. The predicted molar refractivity (Wildman–Crippen MR) is 71.6 cm³/mol. The second-order valence-electron chi connectivity index (χ2n) is 3.98. The second kappa shape index (κ2) is 7.03. The standard InChI is InChI=1S/C13H13ClFNO5/c14-2-1-10-11(17)12(13(18)21-10)20-7-8-5-9(6-16-8)19-4-3-15/h1,5-6,16-17H,2-4,7H2/b10-1+/i15-1. The first-order valence-electron chi connectivity index (χ1n) is 6.06. The largest absolute Gasteiger partial charge is 0.501 e. The first-order chi connectivity index (χ1) is 10.2. The minimum atomic E-state index is -0.788. The van der Waals surface area contributed by atoms with Gasteiger partial charge in [-0.3, -0.25) is 0 Å². The summed E-state index contributed by atoms with van der Waals surface area (Å²) in [5, 5.41) is 9.75. The minimum absolute atomic E-state index is 0.0123. The molecule has 0 saturated heterocycles. The van der Waals surface area contributed by atoms with Gasteiger partial charge in [-0.15, -0.1) is 11.6 Å². The number of H-pyrrole nitrogens is 1. The van der Waals surface area contributed by atoms with E-state index in [-0.39, 0.29) is 36.4 Å². The number of aliphatic hydroxyl groups excluding tert-OH is 1. The van der Waals surface area contributed by atoms with Crippen molar-refractivity contribution in [3.05, 3.63) is 41.3 Å². The number of hydrogen-bond acceptors (Lipinski definition) is 5. The Morgan fingerprint density at radius 2 is 2.29 bits per heavy atom. The molecule has 0 unspecified atom stereocenters. The number of halogens is 2. The number of carbonyl (C=O) groups excluding carboxylic acids is 1. The van der Waals surface area contributed by atoms with Crippen LogP contribution in [-0.4, -0.2) is 35.2 Å². The number of hydrogen-bond donors (Lipinski definition) is 2. The lowest BCUT2D eigenvalue weighted by Crippen LogP contribution is -2.04. The number of alkyl halides is 2. The van der Waals surface area contributed by atoms with Crippen LogP contribution in [0.15, 0.2) is 35.6 Å². The molecule has 8 heteroatoms. The summed E-state index contributed by atoms with van der Waals surface area (Å²) in [5.41, 5.74) is 0.590. The normalized spacial score (nSPS) is 16.5. The van der Waals surface area contributed by atoms with Crippen LogP contribution in [0.25, 0.3) is 0 Å². The topological polar surface area (TPSA) is 80.8 Å². The average molecular weight is 317 g/mol. The number of rotatable bonds is 7. The first-order valence-corrected chi connectivity index (χ1v) is 6.60. The Balaban J connectivity index is 1.97. The van der Waals surface area contributed by atoms with Crippen molar-refractivity contribution in [2.45, 2.75) is 6.61 Å². The van der Waals surface area contributed by atoms with Crippen LogP contribution in [0.2, 0.25) is 0 Å². The third-order valence-electron chi connectivity index (χ3n) is 2.53. The van der Waals surface area contributed by atoms with Crippen LogP contribution < -0.4 is 4.74 Å². The summed E-state index contributed by atoms with van der Waals surface area (Å²) in [5.74, 6) is -0.937. The molecule has 0 amide bonds. The number of esters is 1. The van der Waals surface area contributed by atoms with E-state index in [4.69, 9.17) is 25.8 Å². The average Bonchev–Trinajstić information content (AvgIpc) is 3.01. The number of nitrogens with one attached hydrogen (secondary N) is 1. The maximum atomic E-state index is 12.0. The number of carbonyl (C=O) groups is 1. The van der Waals surface area contributed by atoms with Gasteiger partial charge in [-0.05, 0) is 6.08 Å². The van der Waals surface area contributed by atoms with Crippen molar-refractivity contribution in [2.75, 3.05) is 19.2 Å². The van der Waals surface area contributed by atoms with Gasteiger partial charge in [0.15, 0.2) is 5.76 Å². The summed E-state index contributed by atoms with van der Waals surface area (Å²) in [6, 6.07) is 1.60. The smallest absolute Gasteiger partial charge is 0.383 e. The van der Waals surface area contributed by atoms with Crippen LogP contribution >= 0.6 is 11.6 Å². The van der Waals surface area contributed by atoms with Crippen LogP contribution in [0.4, 0.5) is 4.39 Å². The fourth-order valence-electron chi connectivity index (χ4n) is 1.63. The molecule has 0 saturated carbocycles. The van der Waals surface area contributed by atoms with Gasteiger partial charge in [-0.1, -0.05) is 0 Å². The number of aromatic nitrogens is 1. The molecule has 0 radical (unpaired) electrons. The number of aromatic amines is 1. The van der Waals surface area contributed by atoms with Crippen LogP contribution in [0.3, 0.4) is 0 Å². The molecule has 2 N–H and O–H groups in total. The monoisotopic (exact) mass is 316 g/mol. The molecule has 2 heterocycles. The van der Waals surface area contributed by atoms with E-state index >= 15 is 0 Å². The van der Waals surface area contributed by atoms with Crippen molar-refractivity contribution in [3.63, 3.8) is 0 Å². The van der Waals surface area contributed by atoms with Gasteiger partial charge in [-0.2, -0.15) is 0 Å². The molecule has 0 bridgehead atoms. The highest BCUT2D eigenvalue weighted by Crippen LogP contribution is 2.26. The predicted octanol–water partition coefficient (Wildman–Crippen LogP) is 2.33. The van der Waals surface area contributed by atoms with E-state index in [2.05, 4.69) is 4.98 Å². The number of allylic oxidation sites excluding steroid dienone is 1. The van der Waals surface area contributed by atoms with Crippen molar-refractivity contribution in [1.29, 1.82) is 0 Å². The molecule has 0 atom stereocenters. The molecule has 0 spiro atoms. The van der Waals surface area contributed by atoms with Gasteiger partial charge in [0.2, 0.25) is 5.76 Å². The number of ether oxygens (including phenoxy) is 3. The van der Waals surface area contributed by atoms with E-state index in [1.807, 2.05) is 0 Å². The van der Waals surface area contributed by atoms with Crippen LogP contribution in [0.5, 0.6) is 5.75 Å². The van der Waals surface area contributed by atoms with Crippen molar-refractivity contribution in [2.24, 2.45) is 0 Å². The molecule has 0 fully saturated rings. The van der Waals surface area contributed by atoms with Gasteiger partial charge in [0, 0.05) is 18.1 Å². The first kappa shape index (κ1) is 15.2. The Kier molecular flexibility index (Phi) is 5.10. The summed E-state index contributed by atoms with van der Waals surface area (Å²) in [7, 11) is 0. The number of aliphatic hydroxyl groups is 1. The van der Waals surface area contributed by atoms with E-state index in [0.29, 0.717) is 11.4 Å². The van der Waals surface area contributed by atoms with E-state index in [1.165, 1.54) is 12.3 Å². The SMILES string of the molecule is O=C1O/C(=C/CCl)C(O)=C1OCc1cc(OCC[18F])c[nH]1. The molecule has 21 heavy (non-hydrogen) atoms. The molecule has 2 rings (SSSR count). The quantitative estimate of drug-likeness (QED) is 0.596.